The van der Waals surface area contributed by atoms with Crippen molar-refractivity contribution >= 4 is 28.3 Å². The molecule has 1 aromatic heterocycles. The normalized spacial score (nSPS) is 23.5. The first-order chi connectivity index (χ1) is 15.4. The Morgan fingerprint density at radius 1 is 1.24 bits per heavy atom. The highest BCUT2D eigenvalue weighted by atomic mass is 32.2. The summed E-state index contributed by atoms with van der Waals surface area (Å²) in [6.45, 7) is 8.12. The standard InChI is InChI=1S/C21H34BN3O7S/c1-20(2)21(3,4)32-22(31-20)16-11-23-19(24-12-16)33(29,30)10-6-8-15-7-5-9-25(13-15)18(28)17(27)14-26/h11-12,15,17,26-27H,5-10,13-14H2,1-4H3/t15-,17-/m0/s1. The predicted octanol–water partition coefficient (Wildman–Crippen LogP) is -0.0785. The van der Waals surface area contributed by atoms with Gasteiger partial charge in [-0.05, 0) is 59.3 Å². The minimum absolute atomic E-state index is 0.0907. The number of sulfone groups is 1. The van der Waals surface area contributed by atoms with E-state index in [0.717, 1.165) is 12.8 Å². The number of likely N-dealkylation sites (tertiary alicyclic amines) is 1. The molecular formula is C21H34BN3O7S. The largest absolute Gasteiger partial charge is 0.498 e. The average Bonchev–Trinajstić information content (AvgIpc) is 2.99. The number of hydrogen-bond acceptors (Lipinski definition) is 9. The molecule has 2 aliphatic heterocycles. The van der Waals surface area contributed by atoms with Crippen LogP contribution < -0.4 is 5.46 Å². The predicted molar refractivity (Wildman–Crippen MR) is 121 cm³/mol. The lowest BCUT2D eigenvalue weighted by Gasteiger charge is -2.33. The first-order valence-corrected chi connectivity index (χ1v) is 13.0. The minimum atomic E-state index is -3.65. The second kappa shape index (κ2) is 9.95. The summed E-state index contributed by atoms with van der Waals surface area (Å²) < 4.78 is 37.3. The van der Waals surface area contributed by atoms with Gasteiger partial charge in [-0.1, -0.05) is 0 Å². The molecule has 0 bridgehead atoms. The summed E-state index contributed by atoms with van der Waals surface area (Å²) >= 11 is 0. The first kappa shape index (κ1) is 26.0. The van der Waals surface area contributed by atoms with E-state index in [0.29, 0.717) is 31.4 Å². The summed E-state index contributed by atoms with van der Waals surface area (Å²) in [5.41, 5.74) is -0.472. The van der Waals surface area contributed by atoms with Crippen LogP contribution in [0.4, 0.5) is 0 Å². The molecule has 184 valence electrons. The van der Waals surface area contributed by atoms with E-state index in [1.165, 1.54) is 12.4 Å². The van der Waals surface area contributed by atoms with E-state index in [1.54, 1.807) is 4.90 Å². The Morgan fingerprint density at radius 3 is 2.42 bits per heavy atom. The summed E-state index contributed by atoms with van der Waals surface area (Å²) in [5, 5.41) is 18.3. The fourth-order valence-electron chi connectivity index (χ4n) is 4.03. The molecule has 2 N–H and O–H groups in total. The summed E-state index contributed by atoms with van der Waals surface area (Å²) in [6.07, 6.45) is 4.17. The number of aliphatic hydroxyl groups is 2. The zero-order valence-electron chi connectivity index (χ0n) is 19.7. The molecule has 12 heteroatoms. The molecule has 0 spiro atoms. The van der Waals surface area contributed by atoms with E-state index in [-0.39, 0.29) is 16.8 Å². The zero-order valence-corrected chi connectivity index (χ0v) is 20.5. The third kappa shape index (κ3) is 5.91. The molecule has 0 aromatic carbocycles. The van der Waals surface area contributed by atoms with Crippen molar-refractivity contribution in [1.82, 2.24) is 14.9 Å². The van der Waals surface area contributed by atoms with Gasteiger partial charge in [-0.25, -0.2) is 18.4 Å². The first-order valence-electron chi connectivity index (χ1n) is 11.3. The number of rotatable bonds is 8. The lowest BCUT2D eigenvalue weighted by atomic mass is 9.81. The summed E-state index contributed by atoms with van der Waals surface area (Å²) in [6, 6.07) is 0. The highest BCUT2D eigenvalue weighted by Gasteiger charge is 2.52. The van der Waals surface area contributed by atoms with Crippen LogP contribution >= 0.6 is 0 Å². The van der Waals surface area contributed by atoms with Gasteiger partial charge in [0.1, 0.15) is 0 Å². The van der Waals surface area contributed by atoms with Crippen LogP contribution in [0.15, 0.2) is 17.6 Å². The Labute approximate surface area is 195 Å². The number of amides is 1. The van der Waals surface area contributed by atoms with E-state index in [9.17, 15) is 18.3 Å². The van der Waals surface area contributed by atoms with Crippen LogP contribution in [0, 0.1) is 5.92 Å². The van der Waals surface area contributed by atoms with Gasteiger partial charge in [-0.3, -0.25) is 4.79 Å². The number of carbonyl (C=O) groups excluding carboxylic acids is 1. The van der Waals surface area contributed by atoms with Crippen LogP contribution in [-0.2, 0) is 23.9 Å². The van der Waals surface area contributed by atoms with Crippen molar-refractivity contribution in [3.8, 4) is 0 Å². The van der Waals surface area contributed by atoms with Gasteiger partial charge in [-0.15, -0.1) is 0 Å². The number of aromatic nitrogens is 2. The van der Waals surface area contributed by atoms with Gasteiger partial charge in [0.25, 0.3) is 5.91 Å². The third-order valence-corrected chi connectivity index (χ3v) is 8.36. The van der Waals surface area contributed by atoms with Crippen LogP contribution in [0.3, 0.4) is 0 Å². The summed E-state index contributed by atoms with van der Waals surface area (Å²) in [7, 11) is -4.31. The fourth-order valence-corrected chi connectivity index (χ4v) is 5.19. The van der Waals surface area contributed by atoms with Gasteiger partial charge in [0.15, 0.2) is 6.10 Å². The number of aliphatic hydroxyl groups excluding tert-OH is 2. The fraction of sp³-hybridized carbons (Fsp3) is 0.762. The van der Waals surface area contributed by atoms with Gasteiger partial charge in [0.2, 0.25) is 15.0 Å². The van der Waals surface area contributed by atoms with Gasteiger partial charge in [0, 0.05) is 30.9 Å². The van der Waals surface area contributed by atoms with Crippen molar-refractivity contribution in [2.45, 2.75) is 75.8 Å². The highest BCUT2D eigenvalue weighted by molar-refractivity contribution is 7.91. The second-order valence-corrected chi connectivity index (χ2v) is 11.8. The number of hydrogen-bond donors (Lipinski definition) is 2. The Hall–Kier alpha value is -1.60. The smallest absolute Gasteiger partial charge is 0.399 e. The molecule has 3 rings (SSSR count). The summed E-state index contributed by atoms with van der Waals surface area (Å²) in [4.78, 5) is 21.7. The average molecular weight is 483 g/mol. The van der Waals surface area contributed by atoms with E-state index in [4.69, 9.17) is 14.4 Å². The molecule has 3 heterocycles. The lowest BCUT2D eigenvalue weighted by molar-refractivity contribution is -0.144. The van der Waals surface area contributed by atoms with E-state index < -0.39 is 46.8 Å². The second-order valence-electron chi connectivity index (χ2n) is 9.84. The maximum atomic E-state index is 12.7. The van der Waals surface area contributed by atoms with Crippen molar-refractivity contribution in [2.75, 3.05) is 25.4 Å². The van der Waals surface area contributed by atoms with E-state index in [2.05, 4.69) is 9.97 Å². The Morgan fingerprint density at radius 2 is 1.85 bits per heavy atom. The molecule has 0 radical (unpaired) electrons. The van der Waals surface area contributed by atoms with Gasteiger partial charge >= 0.3 is 7.12 Å². The van der Waals surface area contributed by atoms with Crippen LogP contribution in [0.25, 0.3) is 0 Å². The minimum Gasteiger partial charge on any atom is -0.399 e. The molecule has 2 atom stereocenters. The molecule has 0 saturated carbocycles. The molecule has 1 amide bonds. The maximum absolute atomic E-state index is 12.7. The van der Waals surface area contributed by atoms with Gasteiger partial charge in [-0.2, -0.15) is 0 Å². The molecule has 1 aromatic rings. The molecule has 0 unspecified atom stereocenters. The Kier molecular flexibility index (Phi) is 7.84. The van der Waals surface area contributed by atoms with Crippen LogP contribution in [-0.4, -0.2) is 89.3 Å². The third-order valence-electron chi connectivity index (χ3n) is 6.77. The van der Waals surface area contributed by atoms with E-state index >= 15 is 0 Å². The molecule has 2 saturated heterocycles. The van der Waals surface area contributed by atoms with Crippen molar-refractivity contribution in [2.24, 2.45) is 5.92 Å². The van der Waals surface area contributed by atoms with Crippen LogP contribution in [0.5, 0.6) is 0 Å². The number of piperidine rings is 1. The lowest BCUT2D eigenvalue weighted by Crippen LogP contribution is -2.46. The van der Waals surface area contributed by atoms with Crippen LogP contribution in [0.1, 0.15) is 53.4 Å². The van der Waals surface area contributed by atoms with E-state index in [1.807, 2.05) is 27.7 Å². The van der Waals surface area contributed by atoms with Crippen molar-refractivity contribution in [3.63, 3.8) is 0 Å². The van der Waals surface area contributed by atoms with Crippen molar-refractivity contribution in [1.29, 1.82) is 0 Å². The number of nitrogens with zero attached hydrogens (tertiary/aromatic N) is 3. The SMILES string of the molecule is CC1(C)OB(c2cnc(S(=O)(=O)CCC[C@@H]3CCCN(C(=O)[C@@H](O)CO)C3)nc2)OC1(C)C. The van der Waals surface area contributed by atoms with Crippen molar-refractivity contribution < 1.29 is 32.7 Å². The Bertz CT molecular complexity index is 924. The van der Waals surface area contributed by atoms with Gasteiger partial charge < -0.3 is 24.4 Å². The monoisotopic (exact) mass is 483 g/mol. The molecule has 2 fully saturated rings. The van der Waals surface area contributed by atoms with Crippen molar-refractivity contribution in [3.05, 3.63) is 12.4 Å². The topological polar surface area (TPSA) is 139 Å². The van der Waals surface area contributed by atoms with Crippen LogP contribution in [0.2, 0.25) is 0 Å². The zero-order chi connectivity index (χ0) is 24.4. The highest BCUT2D eigenvalue weighted by Crippen LogP contribution is 2.36. The number of carbonyl (C=O) groups is 1. The van der Waals surface area contributed by atoms with Gasteiger partial charge in [0.05, 0.1) is 23.6 Å². The molecule has 2 aliphatic rings. The molecule has 33 heavy (non-hydrogen) atoms. The molecule has 10 nitrogen and oxygen atoms in total. The molecule has 0 aliphatic carbocycles. The quantitative estimate of drug-likeness (QED) is 0.384. The summed E-state index contributed by atoms with van der Waals surface area (Å²) in [5.74, 6) is -0.423. The molecular weight excluding hydrogens is 449 g/mol. The maximum Gasteiger partial charge on any atom is 0.498 e. The Balaban J connectivity index is 1.53.